The van der Waals surface area contributed by atoms with Crippen LogP contribution >= 0.6 is 0 Å². The molecule has 0 heterocycles. The molecule has 0 N–H and O–H groups in total. The van der Waals surface area contributed by atoms with Crippen molar-refractivity contribution in [1.82, 2.24) is 0 Å². The molecule has 2 aliphatic carbocycles. The number of hydrogen-bond donors (Lipinski definition) is 0. The molecule has 0 aromatic heterocycles. The summed E-state index contributed by atoms with van der Waals surface area (Å²) in [6.07, 6.45) is 12.1. The second-order valence-electron chi connectivity index (χ2n) is 5.95. The molecule has 1 saturated carbocycles. The fraction of sp³-hybridized carbons (Fsp3) is 0.857. The molecular weight excluding hydrogens is 168 g/mol. The minimum Gasteiger partial charge on any atom is -0.0880 e. The van der Waals surface area contributed by atoms with E-state index in [1.54, 1.807) is 0 Å². The van der Waals surface area contributed by atoms with Gasteiger partial charge in [0.15, 0.2) is 0 Å². The van der Waals surface area contributed by atoms with E-state index in [0.717, 1.165) is 17.8 Å². The maximum Gasteiger partial charge on any atom is -0.0113 e. The summed E-state index contributed by atoms with van der Waals surface area (Å²) in [5.74, 6) is 2.79. The summed E-state index contributed by atoms with van der Waals surface area (Å²) in [5.41, 5.74) is 0.618. The van der Waals surface area contributed by atoms with Gasteiger partial charge in [-0.2, -0.15) is 0 Å². The van der Waals surface area contributed by atoms with Crippen LogP contribution < -0.4 is 0 Å². The van der Waals surface area contributed by atoms with Crippen LogP contribution in [0, 0.1) is 23.2 Å². The molecule has 0 saturated heterocycles. The average molecular weight is 192 g/mol. The number of rotatable bonds is 1. The zero-order valence-electron chi connectivity index (χ0n) is 9.92. The molecule has 0 amide bonds. The Hall–Kier alpha value is -0.260. The van der Waals surface area contributed by atoms with E-state index in [2.05, 4.69) is 32.9 Å². The molecule has 1 fully saturated rings. The van der Waals surface area contributed by atoms with E-state index in [4.69, 9.17) is 0 Å². The highest BCUT2D eigenvalue weighted by atomic mass is 14.5. The summed E-state index contributed by atoms with van der Waals surface area (Å²) < 4.78 is 0. The third-order valence-corrected chi connectivity index (χ3v) is 4.47. The maximum absolute atomic E-state index is 2.55. The van der Waals surface area contributed by atoms with Crippen molar-refractivity contribution in [3.63, 3.8) is 0 Å². The lowest BCUT2D eigenvalue weighted by Crippen LogP contribution is -2.17. The highest BCUT2D eigenvalue weighted by Crippen LogP contribution is 2.53. The fourth-order valence-electron chi connectivity index (χ4n) is 3.77. The first-order valence-corrected chi connectivity index (χ1v) is 6.31. The molecule has 14 heavy (non-hydrogen) atoms. The zero-order valence-corrected chi connectivity index (χ0v) is 9.92. The third kappa shape index (κ3) is 1.76. The lowest BCUT2D eigenvalue weighted by Gasteiger charge is -2.29. The summed E-state index contributed by atoms with van der Waals surface area (Å²) in [7, 11) is 0. The van der Waals surface area contributed by atoms with Crippen LogP contribution in [0.25, 0.3) is 0 Å². The standard InChI is InChI=1S/C14H24/c1-11(2)13-10-14(9-12(13)3)7-5-4-6-8-14/h5,7,11-13H,4,6,8-10H2,1-3H3. The molecule has 0 nitrogen and oxygen atoms in total. The molecule has 0 aromatic carbocycles. The van der Waals surface area contributed by atoms with Gasteiger partial charge in [0, 0.05) is 0 Å². The highest BCUT2D eigenvalue weighted by Gasteiger charge is 2.42. The van der Waals surface area contributed by atoms with Gasteiger partial charge in [-0.05, 0) is 55.3 Å². The smallest absolute Gasteiger partial charge is 0.0113 e. The Bertz CT molecular complexity index is 226. The van der Waals surface area contributed by atoms with E-state index < -0.39 is 0 Å². The second-order valence-corrected chi connectivity index (χ2v) is 5.95. The fourth-order valence-corrected chi connectivity index (χ4v) is 3.77. The molecule has 2 aliphatic rings. The van der Waals surface area contributed by atoms with E-state index >= 15 is 0 Å². The summed E-state index contributed by atoms with van der Waals surface area (Å²) in [6, 6.07) is 0. The molecule has 0 radical (unpaired) electrons. The summed E-state index contributed by atoms with van der Waals surface area (Å²) in [4.78, 5) is 0. The summed E-state index contributed by atoms with van der Waals surface area (Å²) >= 11 is 0. The minimum absolute atomic E-state index is 0.618. The van der Waals surface area contributed by atoms with Crippen molar-refractivity contribution in [2.45, 2.75) is 52.9 Å². The first kappa shape index (κ1) is 10.3. The van der Waals surface area contributed by atoms with Gasteiger partial charge in [-0.15, -0.1) is 0 Å². The Morgan fingerprint density at radius 3 is 2.57 bits per heavy atom. The predicted octanol–water partition coefficient (Wildman–Crippen LogP) is 4.42. The van der Waals surface area contributed by atoms with E-state index in [1.165, 1.54) is 32.1 Å². The molecule has 0 bridgehead atoms. The SMILES string of the molecule is CC(C)C1CC2(C=CCCC2)CC1C. The minimum atomic E-state index is 0.618. The quantitative estimate of drug-likeness (QED) is 0.540. The average Bonchev–Trinajstić information content (AvgIpc) is 2.44. The van der Waals surface area contributed by atoms with Gasteiger partial charge in [0.25, 0.3) is 0 Å². The Balaban J connectivity index is 2.11. The van der Waals surface area contributed by atoms with Gasteiger partial charge in [0.1, 0.15) is 0 Å². The lowest BCUT2D eigenvalue weighted by atomic mass is 9.76. The molecule has 3 atom stereocenters. The largest absolute Gasteiger partial charge is 0.0880 e. The number of allylic oxidation sites excluding steroid dienone is 2. The van der Waals surface area contributed by atoms with E-state index in [9.17, 15) is 0 Å². The van der Waals surface area contributed by atoms with Crippen molar-refractivity contribution in [2.75, 3.05) is 0 Å². The van der Waals surface area contributed by atoms with Crippen LogP contribution in [0.15, 0.2) is 12.2 Å². The Morgan fingerprint density at radius 2 is 2.07 bits per heavy atom. The van der Waals surface area contributed by atoms with Gasteiger partial charge in [0.05, 0.1) is 0 Å². The molecule has 0 aliphatic heterocycles. The Kier molecular flexibility index (Phi) is 2.72. The van der Waals surface area contributed by atoms with Crippen LogP contribution in [0.1, 0.15) is 52.9 Å². The van der Waals surface area contributed by atoms with Gasteiger partial charge < -0.3 is 0 Å². The van der Waals surface area contributed by atoms with E-state index in [0.29, 0.717) is 5.41 Å². The van der Waals surface area contributed by atoms with Crippen LogP contribution in [0.2, 0.25) is 0 Å². The Labute approximate surface area is 88.8 Å². The normalized spacial score (nSPS) is 42.6. The molecule has 0 aromatic rings. The van der Waals surface area contributed by atoms with Crippen LogP contribution in [0.3, 0.4) is 0 Å². The van der Waals surface area contributed by atoms with Gasteiger partial charge in [-0.1, -0.05) is 32.9 Å². The van der Waals surface area contributed by atoms with Crippen molar-refractivity contribution in [1.29, 1.82) is 0 Å². The monoisotopic (exact) mass is 192 g/mol. The number of hydrogen-bond acceptors (Lipinski definition) is 0. The van der Waals surface area contributed by atoms with Crippen molar-refractivity contribution >= 4 is 0 Å². The van der Waals surface area contributed by atoms with Crippen LogP contribution in [0.5, 0.6) is 0 Å². The second kappa shape index (κ2) is 3.72. The van der Waals surface area contributed by atoms with Gasteiger partial charge >= 0.3 is 0 Å². The predicted molar refractivity (Wildman–Crippen MR) is 62.2 cm³/mol. The van der Waals surface area contributed by atoms with E-state index in [-0.39, 0.29) is 0 Å². The molecule has 0 heteroatoms. The molecule has 3 unspecified atom stereocenters. The molecule has 1 spiro atoms. The van der Waals surface area contributed by atoms with Crippen molar-refractivity contribution < 1.29 is 0 Å². The van der Waals surface area contributed by atoms with Crippen molar-refractivity contribution in [3.8, 4) is 0 Å². The first-order chi connectivity index (χ1) is 6.63. The van der Waals surface area contributed by atoms with Crippen LogP contribution in [-0.2, 0) is 0 Å². The van der Waals surface area contributed by atoms with E-state index in [1.807, 2.05) is 0 Å². The summed E-state index contributed by atoms with van der Waals surface area (Å²) in [6.45, 7) is 7.25. The van der Waals surface area contributed by atoms with Crippen molar-refractivity contribution in [3.05, 3.63) is 12.2 Å². The summed E-state index contributed by atoms with van der Waals surface area (Å²) in [5, 5.41) is 0. The van der Waals surface area contributed by atoms with Gasteiger partial charge in [-0.25, -0.2) is 0 Å². The van der Waals surface area contributed by atoms with Crippen LogP contribution in [-0.4, -0.2) is 0 Å². The first-order valence-electron chi connectivity index (χ1n) is 6.31. The topological polar surface area (TPSA) is 0 Å². The van der Waals surface area contributed by atoms with Gasteiger partial charge in [0.2, 0.25) is 0 Å². The maximum atomic E-state index is 2.55. The zero-order chi connectivity index (χ0) is 10.2. The molecule has 80 valence electrons. The molecular formula is C14H24. The highest BCUT2D eigenvalue weighted by molar-refractivity contribution is 5.08. The Morgan fingerprint density at radius 1 is 1.29 bits per heavy atom. The third-order valence-electron chi connectivity index (χ3n) is 4.47. The lowest BCUT2D eigenvalue weighted by molar-refractivity contribution is 0.291. The van der Waals surface area contributed by atoms with Gasteiger partial charge in [-0.3, -0.25) is 0 Å². The van der Waals surface area contributed by atoms with Crippen molar-refractivity contribution in [2.24, 2.45) is 23.2 Å². The van der Waals surface area contributed by atoms with Crippen LogP contribution in [0.4, 0.5) is 0 Å². The molecule has 2 rings (SSSR count).